The van der Waals surface area contributed by atoms with E-state index in [1.165, 1.54) is 10.9 Å². The molecule has 0 spiro atoms. The lowest BCUT2D eigenvalue weighted by Crippen LogP contribution is -2.41. The SMILES string of the molecule is COCCn1ccc2cc(B3OC(C)(C)C(C)(C)O3)ccc21. The van der Waals surface area contributed by atoms with Crippen molar-refractivity contribution in [2.24, 2.45) is 0 Å². The van der Waals surface area contributed by atoms with E-state index in [0.29, 0.717) is 6.61 Å². The molecule has 0 atom stereocenters. The Morgan fingerprint density at radius 2 is 1.77 bits per heavy atom. The normalized spacial score (nSPS) is 20.0. The van der Waals surface area contributed by atoms with Gasteiger partial charge in [-0.2, -0.15) is 0 Å². The number of aromatic nitrogens is 1. The second-order valence-corrected chi connectivity index (χ2v) is 6.91. The van der Waals surface area contributed by atoms with Crippen LogP contribution in [-0.4, -0.2) is 36.6 Å². The standard InChI is InChI=1S/C17H24BNO3/c1-16(2)17(3,4)22-18(21-16)14-6-7-15-13(12-14)8-9-19(15)10-11-20-5/h6-9,12H,10-11H2,1-5H3. The van der Waals surface area contributed by atoms with Crippen LogP contribution in [0.4, 0.5) is 0 Å². The van der Waals surface area contributed by atoms with E-state index in [9.17, 15) is 0 Å². The van der Waals surface area contributed by atoms with E-state index in [-0.39, 0.29) is 18.3 Å². The molecule has 1 aromatic heterocycles. The van der Waals surface area contributed by atoms with Crippen molar-refractivity contribution in [3.05, 3.63) is 30.5 Å². The zero-order chi connectivity index (χ0) is 16.0. The van der Waals surface area contributed by atoms with Crippen LogP contribution in [0, 0.1) is 0 Å². The zero-order valence-corrected chi connectivity index (χ0v) is 14.1. The van der Waals surface area contributed by atoms with Crippen LogP contribution in [0.5, 0.6) is 0 Å². The molecule has 1 saturated heterocycles. The molecule has 2 aromatic rings. The van der Waals surface area contributed by atoms with Gasteiger partial charge >= 0.3 is 7.12 Å². The summed E-state index contributed by atoms with van der Waals surface area (Å²) >= 11 is 0. The van der Waals surface area contributed by atoms with Gasteiger partial charge in [-0.05, 0) is 50.7 Å². The van der Waals surface area contributed by atoms with E-state index in [4.69, 9.17) is 14.0 Å². The van der Waals surface area contributed by atoms with Crippen LogP contribution in [0.2, 0.25) is 0 Å². The second kappa shape index (κ2) is 5.41. The number of rotatable bonds is 4. The molecule has 1 aliphatic heterocycles. The first-order valence-corrected chi connectivity index (χ1v) is 7.77. The Balaban J connectivity index is 1.88. The fourth-order valence-corrected chi connectivity index (χ4v) is 2.73. The van der Waals surface area contributed by atoms with Gasteiger partial charge in [0.05, 0.1) is 17.8 Å². The van der Waals surface area contributed by atoms with E-state index in [2.05, 4.69) is 62.7 Å². The second-order valence-electron chi connectivity index (χ2n) is 6.91. The molecule has 22 heavy (non-hydrogen) atoms. The molecule has 3 rings (SSSR count). The predicted molar refractivity (Wildman–Crippen MR) is 89.5 cm³/mol. The van der Waals surface area contributed by atoms with Crippen molar-refractivity contribution in [2.75, 3.05) is 13.7 Å². The monoisotopic (exact) mass is 301 g/mol. The summed E-state index contributed by atoms with van der Waals surface area (Å²) in [4.78, 5) is 0. The molecule has 1 fully saturated rings. The van der Waals surface area contributed by atoms with Crippen LogP contribution >= 0.6 is 0 Å². The summed E-state index contributed by atoms with van der Waals surface area (Å²) in [5.41, 5.74) is 1.65. The molecule has 1 aliphatic rings. The Morgan fingerprint density at radius 1 is 1.09 bits per heavy atom. The van der Waals surface area contributed by atoms with Crippen LogP contribution in [-0.2, 0) is 20.6 Å². The highest BCUT2D eigenvalue weighted by molar-refractivity contribution is 6.62. The Kier molecular flexibility index (Phi) is 3.83. The Hall–Kier alpha value is -1.30. The van der Waals surface area contributed by atoms with Crippen LogP contribution in [0.15, 0.2) is 30.5 Å². The Morgan fingerprint density at radius 3 is 2.41 bits per heavy atom. The predicted octanol–water partition coefficient (Wildman–Crippen LogP) is 2.59. The number of hydrogen-bond donors (Lipinski definition) is 0. The minimum absolute atomic E-state index is 0.309. The van der Waals surface area contributed by atoms with E-state index < -0.39 is 0 Å². The van der Waals surface area contributed by atoms with Gasteiger partial charge in [0.2, 0.25) is 0 Å². The van der Waals surface area contributed by atoms with Gasteiger partial charge in [-0.15, -0.1) is 0 Å². The maximum Gasteiger partial charge on any atom is 0.494 e. The van der Waals surface area contributed by atoms with Gasteiger partial charge in [0.25, 0.3) is 0 Å². The summed E-state index contributed by atoms with van der Waals surface area (Å²) in [5, 5.41) is 1.20. The van der Waals surface area contributed by atoms with Crippen molar-refractivity contribution in [2.45, 2.75) is 45.4 Å². The van der Waals surface area contributed by atoms with Crippen LogP contribution < -0.4 is 5.46 Å². The number of methoxy groups -OCH3 is 1. The average molecular weight is 301 g/mol. The third kappa shape index (κ3) is 2.58. The van der Waals surface area contributed by atoms with E-state index in [1.807, 2.05) is 0 Å². The fraction of sp³-hybridized carbons (Fsp3) is 0.529. The summed E-state index contributed by atoms with van der Waals surface area (Å²) in [7, 11) is 1.42. The highest BCUT2D eigenvalue weighted by atomic mass is 16.7. The molecule has 0 radical (unpaired) electrons. The summed E-state index contributed by atoms with van der Waals surface area (Å²) < 4.78 is 19.6. The maximum atomic E-state index is 6.12. The van der Waals surface area contributed by atoms with Gasteiger partial charge < -0.3 is 18.6 Å². The number of hydrogen-bond acceptors (Lipinski definition) is 3. The number of benzene rings is 1. The Bertz CT molecular complexity index is 662. The molecule has 0 aliphatic carbocycles. The van der Waals surface area contributed by atoms with Crippen molar-refractivity contribution < 1.29 is 14.0 Å². The first-order valence-electron chi connectivity index (χ1n) is 7.77. The number of ether oxygens (including phenoxy) is 1. The quantitative estimate of drug-likeness (QED) is 0.814. The maximum absolute atomic E-state index is 6.12. The topological polar surface area (TPSA) is 32.6 Å². The molecule has 0 unspecified atom stereocenters. The van der Waals surface area contributed by atoms with Gasteiger partial charge in [0.1, 0.15) is 0 Å². The van der Waals surface area contributed by atoms with Crippen molar-refractivity contribution in [1.29, 1.82) is 0 Å². The fourth-order valence-electron chi connectivity index (χ4n) is 2.73. The third-order valence-electron chi connectivity index (χ3n) is 4.86. The highest BCUT2D eigenvalue weighted by Crippen LogP contribution is 2.36. The minimum Gasteiger partial charge on any atom is -0.399 e. The molecule has 2 heterocycles. The Labute approximate surface area is 132 Å². The van der Waals surface area contributed by atoms with Crippen LogP contribution in [0.25, 0.3) is 10.9 Å². The molecule has 1 aromatic carbocycles. The summed E-state index contributed by atoms with van der Waals surface area (Å²) in [6.45, 7) is 9.87. The molecule has 118 valence electrons. The first-order chi connectivity index (χ1) is 10.3. The van der Waals surface area contributed by atoms with Crippen molar-refractivity contribution in [1.82, 2.24) is 4.57 Å². The van der Waals surface area contributed by atoms with Crippen molar-refractivity contribution in [3.8, 4) is 0 Å². The van der Waals surface area contributed by atoms with Gasteiger partial charge in [-0.3, -0.25) is 0 Å². The van der Waals surface area contributed by atoms with Crippen LogP contribution in [0.1, 0.15) is 27.7 Å². The molecule has 5 heteroatoms. The molecule has 0 bridgehead atoms. The lowest BCUT2D eigenvalue weighted by molar-refractivity contribution is 0.00578. The van der Waals surface area contributed by atoms with Gasteiger partial charge in [0, 0.05) is 25.4 Å². The zero-order valence-electron chi connectivity index (χ0n) is 14.1. The highest BCUT2D eigenvalue weighted by Gasteiger charge is 2.51. The first kappa shape index (κ1) is 15.6. The lowest BCUT2D eigenvalue weighted by Gasteiger charge is -2.32. The minimum atomic E-state index is -0.309. The van der Waals surface area contributed by atoms with E-state index in [0.717, 1.165) is 12.0 Å². The number of nitrogens with zero attached hydrogens (tertiary/aromatic N) is 1. The third-order valence-corrected chi connectivity index (χ3v) is 4.86. The molecular weight excluding hydrogens is 277 g/mol. The van der Waals surface area contributed by atoms with Crippen molar-refractivity contribution in [3.63, 3.8) is 0 Å². The van der Waals surface area contributed by atoms with Gasteiger partial charge in [-0.1, -0.05) is 12.1 Å². The average Bonchev–Trinajstić information content (AvgIpc) is 2.94. The summed E-state index contributed by atoms with van der Waals surface area (Å²) in [5.74, 6) is 0. The van der Waals surface area contributed by atoms with E-state index >= 15 is 0 Å². The van der Waals surface area contributed by atoms with E-state index in [1.54, 1.807) is 7.11 Å². The lowest BCUT2D eigenvalue weighted by atomic mass is 9.79. The van der Waals surface area contributed by atoms with Crippen molar-refractivity contribution >= 4 is 23.5 Å². The molecular formula is C17H24BNO3. The number of fused-ring (bicyclic) bond motifs is 1. The molecule has 0 amide bonds. The molecule has 4 nitrogen and oxygen atoms in total. The smallest absolute Gasteiger partial charge is 0.399 e. The summed E-state index contributed by atoms with van der Waals surface area (Å²) in [6, 6.07) is 8.50. The van der Waals surface area contributed by atoms with Gasteiger partial charge in [-0.25, -0.2) is 0 Å². The molecule has 0 saturated carbocycles. The largest absolute Gasteiger partial charge is 0.494 e. The van der Waals surface area contributed by atoms with Gasteiger partial charge in [0.15, 0.2) is 0 Å². The summed E-state index contributed by atoms with van der Waals surface area (Å²) in [6.07, 6.45) is 2.09. The molecule has 0 N–H and O–H groups in total. The van der Waals surface area contributed by atoms with Crippen LogP contribution in [0.3, 0.4) is 0 Å².